The number of nitrogens with zero attached hydrogens (tertiary/aromatic N) is 2. The maximum Gasteiger partial charge on any atom is 0.183 e. The standard InChI is InChI=1S/C13H17N3S/c1-16-7-6-10(9-16)8-14-13-15-11-4-2-3-5-12(11)17-13/h2-5,10H,6-9H2,1H3,(H,14,15). The third-order valence-corrected chi connectivity index (χ3v) is 4.32. The van der Waals surface area contributed by atoms with E-state index in [2.05, 4.69) is 40.4 Å². The number of hydrogen-bond donors (Lipinski definition) is 1. The van der Waals surface area contributed by atoms with Crippen molar-refractivity contribution in [1.82, 2.24) is 9.88 Å². The molecule has 17 heavy (non-hydrogen) atoms. The minimum atomic E-state index is 0.770. The molecule has 1 N–H and O–H groups in total. The molecular formula is C13H17N3S. The van der Waals surface area contributed by atoms with Gasteiger partial charge in [0.15, 0.2) is 5.13 Å². The molecule has 1 unspecified atom stereocenters. The molecule has 0 radical (unpaired) electrons. The van der Waals surface area contributed by atoms with E-state index < -0.39 is 0 Å². The van der Waals surface area contributed by atoms with Crippen LogP contribution in [0.4, 0.5) is 5.13 Å². The largest absolute Gasteiger partial charge is 0.361 e. The van der Waals surface area contributed by atoms with Gasteiger partial charge in [0.2, 0.25) is 0 Å². The Morgan fingerprint density at radius 3 is 3.12 bits per heavy atom. The van der Waals surface area contributed by atoms with Crippen LogP contribution in [0.3, 0.4) is 0 Å². The number of hydrogen-bond acceptors (Lipinski definition) is 4. The van der Waals surface area contributed by atoms with E-state index in [-0.39, 0.29) is 0 Å². The fourth-order valence-corrected chi connectivity index (χ4v) is 3.25. The van der Waals surface area contributed by atoms with Gasteiger partial charge in [-0.25, -0.2) is 4.98 Å². The SMILES string of the molecule is CN1CCC(CNc2nc3ccccc3s2)C1. The van der Waals surface area contributed by atoms with E-state index in [0.717, 1.165) is 23.1 Å². The van der Waals surface area contributed by atoms with Gasteiger partial charge in [0.25, 0.3) is 0 Å². The van der Waals surface area contributed by atoms with Crippen molar-refractivity contribution in [3.63, 3.8) is 0 Å². The van der Waals surface area contributed by atoms with E-state index in [4.69, 9.17) is 0 Å². The highest BCUT2D eigenvalue weighted by Gasteiger charge is 2.19. The number of rotatable bonds is 3. The third-order valence-electron chi connectivity index (χ3n) is 3.32. The molecule has 2 aromatic rings. The van der Waals surface area contributed by atoms with E-state index in [1.54, 1.807) is 11.3 Å². The molecule has 1 saturated heterocycles. The molecule has 0 aliphatic carbocycles. The molecule has 3 nitrogen and oxygen atoms in total. The number of fused-ring (bicyclic) bond motifs is 1. The van der Waals surface area contributed by atoms with Gasteiger partial charge < -0.3 is 10.2 Å². The zero-order chi connectivity index (χ0) is 11.7. The van der Waals surface area contributed by atoms with Crippen LogP contribution in [-0.4, -0.2) is 36.6 Å². The molecule has 0 saturated carbocycles. The molecule has 3 rings (SSSR count). The smallest absolute Gasteiger partial charge is 0.183 e. The van der Waals surface area contributed by atoms with Crippen molar-refractivity contribution >= 4 is 26.7 Å². The summed E-state index contributed by atoms with van der Waals surface area (Å²) in [6.07, 6.45) is 1.30. The molecule has 0 spiro atoms. The third kappa shape index (κ3) is 2.42. The summed E-state index contributed by atoms with van der Waals surface area (Å²) in [6.45, 7) is 3.48. The lowest BCUT2D eigenvalue weighted by Gasteiger charge is -2.10. The first-order chi connectivity index (χ1) is 8.31. The summed E-state index contributed by atoms with van der Waals surface area (Å²) >= 11 is 1.75. The van der Waals surface area contributed by atoms with Crippen molar-refractivity contribution in [3.8, 4) is 0 Å². The van der Waals surface area contributed by atoms with Gasteiger partial charge in [-0.3, -0.25) is 0 Å². The Bertz CT molecular complexity index is 475. The first-order valence-electron chi connectivity index (χ1n) is 6.09. The van der Waals surface area contributed by atoms with Gasteiger partial charge in [-0.1, -0.05) is 23.5 Å². The number of aromatic nitrogens is 1. The van der Waals surface area contributed by atoms with Crippen molar-refractivity contribution in [2.75, 3.05) is 32.0 Å². The molecule has 2 heterocycles. The zero-order valence-corrected chi connectivity index (χ0v) is 10.8. The topological polar surface area (TPSA) is 28.2 Å². The van der Waals surface area contributed by atoms with Crippen LogP contribution in [0.5, 0.6) is 0 Å². The summed E-state index contributed by atoms with van der Waals surface area (Å²) in [7, 11) is 2.19. The summed E-state index contributed by atoms with van der Waals surface area (Å²) in [5.74, 6) is 0.770. The van der Waals surface area contributed by atoms with Crippen LogP contribution < -0.4 is 5.32 Å². The molecule has 1 aromatic heterocycles. The summed E-state index contributed by atoms with van der Waals surface area (Å²) in [6, 6.07) is 8.30. The van der Waals surface area contributed by atoms with Crippen LogP contribution in [-0.2, 0) is 0 Å². The number of benzene rings is 1. The number of nitrogens with one attached hydrogen (secondary N) is 1. The van der Waals surface area contributed by atoms with E-state index in [1.165, 1.54) is 24.2 Å². The summed E-state index contributed by atoms with van der Waals surface area (Å²) in [4.78, 5) is 6.98. The minimum Gasteiger partial charge on any atom is -0.361 e. The van der Waals surface area contributed by atoms with Gasteiger partial charge >= 0.3 is 0 Å². The summed E-state index contributed by atoms with van der Waals surface area (Å²) in [5.41, 5.74) is 1.10. The van der Waals surface area contributed by atoms with Crippen molar-refractivity contribution < 1.29 is 0 Å². The lowest BCUT2D eigenvalue weighted by Crippen LogP contribution is -2.18. The Balaban J connectivity index is 1.65. The number of likely N-dealkylation sites (tertiary alicyclic amines) is 1. The predicted octanol–water partition coefficient (Wildman–Crippen LogP) is 2.66. The lowest BCUT2D eigenvalue weighted by molar-refractivity contribution is 0.399. The first kappa shape index (κ1) is 11.0. The highest BCUT2D eigenvalue weighted by Crippen LogP contribution is 2.26. The van der Waals surface area contributed by atoms with Gasteiger partial charge in [-0.05, 0) is 38.1 Å². The summed E-state index contributed by atoms with van der Waals surface area (Å²) < 4.78 is 1.26. The molecule has 1 fully saturated rings. The normalized spacial score (nSPS) is 21.1. The Labute approximate surface area is 105 Å². The average Bonchev–Trinajstić information content (AvgIpc) is 2.91. The second-order valence-electron chi connectivity index (χ2n) is 4.78. The van der Waals surface area contributed by atoms with Crippen LogP contribution in [0.1, 0.15) is 6.42 Å². The van der Waals surface area contributed by atoms with Gasteiger partial charge in [0, 0.05) is 13.1 Å². The predicted molar refractivity (Wildman–Crippen MR) is 73.7 cm³/mol. The van der Waals surface area contributed by atoms with E-state index in [0.29, 0.717) is 0 Å². The molecule has 90 valence electrons. The highest BCUT2D eigenvalue weighted by atomic mass is 32.1. The average molecular weight is 247 g/mol. The fraction of sp³-hybridized carbons (Fsp3) is 0.462. The van der Waals surface area contributed by atoms with Crippen molar-refractivity contribution in [1.29, 1.82) is 0 Å². The molecule has 0 bridgehead atoms. The number of thiazole rings is 1. The van der Waals surface area contributed by atoms with Crippen LogP contribution in [0.2, 0.25) is 0 Å². The van der Waals surface area contributed by atoms with Crippen molar-refractivity contribution in [2.24, 2.45) is 5.92 Å². The molecule has 1 aliphatic heterocycles. The second-order valence-corrected chi connectivity index (χ2v) is 5.82. The first-order valence-corrected chi connectivity index (χ1v) is 6.91. The van der Waals surface area contributed by atoms with Gasteiger partial charge in [-0.15, -0.1) is 0 Å². The zero-order valence-electron chi connectivity index (χ0n) is 10.0. The molecule has 1 aliphatic rings. The quantitative estimate of drug-likeness (QED) is 0.904. The molecular weight excluding hydrogens is 230 g/mol. The fourth-order valence-electron chi connectivity index (χ4n) is 2.37. The van der Waals surface area contributed by atoms with E-state index >= 15 is 0 Å². The Hall–Kier alpha value is -1.13. The van der Waals surface area contributed by atoms with Crippen LogP contribution >= 0.6 is 11.3 Å². The molecule has 4 heteroatoms. The van der Waals surface area contributed by atoms with Gasteiger partial charge in [0.05, 0.1) is 10.2 Å². The molecule has 1 atom stereocenters. The number of anilines is 1. The van der Waals surface area contributed by atoms with Crippen LogP contribution in [0.15, 0.2) is 24.3 Å². The Morgan fingerprint density at radius 1 is 1.47 bits per heavy atom. The monoisotopic (exact) mass is 247 g/mol. The van der Waals surface area contributed by atoms with Crippen LogP contribution in [0, 0.1) is 5.92 Å². The highest BCUT2D eigenvalue weighted by molar-refractivity contribution is 7.22. The van der Waals surface area contributed by atoms with E-state index in [9.17, 15) is 0 Å². The number of para-hydroxylation sites is 1. The van der Waals surface area contributed by atoms with Crippen molar-refractivity contribution in [2.45, 2.75) is 6.42 Å². The van der Waals surface area contributed by atoms with Crippen molar-refractivity contribution in [3.05, 3.63) is 24.3 Å². The molecule has 1 aromatic carbocycles. The Kier molecular flexibility index (Phi) is 2.99. The van der Waals surface area contributed by atoms with Gasteiger partial charge in [0.1, 0.15) is 0 Å². The lowest BCUT2D eigenvalue weighted by atomic mass is 10.1. The maximum absolute atomic E-state index is 4.59. The maximum atomic E-state index is 4.59. The minimum absolute atomic E-state index is 0.770. The van der Waals surface area contributed by atoms with E-state index in [1.807, 2.05) is 6.07 Å². The second kappa shape index (κ2) is 4.63. The molecule has 0 amide bonds. The van der Waals surface area contributed by atoms with Gasteiger partial charge in [-0.2, -0.15) is 0 Å². The summed E-state index contributed by atoms with van der Waals surface area (Å²) in [5, 5.41) is 4.53. The van der Waals surface area contributed by atoms with Crippen LogP contribution in [0.25, 0.3) is 10.2 Å². The Morgan fingerprint density at radius 2 is 2.35 bits per heavy atom.